The number of rotatable bonds is 4. The topological polar surface area (TPSA) is 67.4 Å². The molecule has 122 valence electrons. The molecular weight excluding hydrogens is 304 g/mol. The highest BCUT2D eigenvalue weighted by atomic mass is 16.5. The fourth-order valence-electron chi connectivity index (χ4n) is 2.82. The van der Waals surface area contributed by atoms with E-state index < -0.39 is 6.10 Å². The van der Waals surface area contributed by atoms with Crippen molar-refractivity contribution in [2.45, 2.75) is 31.4 Å². The predicted molar refractivity (Wildman–Crippen MR) is 90.1 cm³/mol. The van der Waals surface area contributed by atoms with Crippen LogP contribution in [-0.4, -0.2) is 24.0 Å². The molecule has 0 bridgehead atoms. The number of benzene rings is 2. The molecule has 24 heavy (non-hydrogen) atoms. The van der Waals surface area contributed by atoms with Gasteiger partial charge in [-0.25, -0.2) is 0 Å². The van der Waals surface area contributed by atoms with E-state index in [2.05, 4.69) is 10.6 Å². The normalized spacial score (nSPS) is 18.4. The minimum absolute atomic E-state index is 0.149. The Balaban J connectivity index is 1.47. The average Bonchev–Trinajstić information content (AvgIpc) is 3.29. The summed E-state index contributed by atoms with van der Waals surface area (Å²) in [6.07, 6.45) is 2.02. The number of amides is 2. The minimum atomic E-state index is -0.568. The second kappa shape index (κ2) is 6.00. The number of para-hydroxylation sites is 2. The molecule has 0 aromatic heterocycles. The summed E-state index contributed by atoms with van der Waals surface area (Å²) in [5.41, 5.74) is 2.02. The minimum Gasteiger partial charge on any atom is -0.480 e. The lowest BCUT2D eigenvalue weighted by molar-refractivity contribution is -0.122. The van der Waals surface area contributed by atoms with Crippen molar-refractivity contribution in [3.8, 4) is 5.75 Å². The summed E-state index contributed by atoms with van der Waals surface area (Å²) >= 11 is 0. The molecule has 2 N–H and O–H groups in total. The SMILES string of the molecule is O=C(NC1CC1)c1ccccc1NC(=O)C1Cc2ccccc2O1. The summed E-state index contributed by atoms with van der Waals surface area (Å²) in [6, 6.07) is 15.0. The van der Waals surface area contributed by atoms with Gasteiger partial charge in [-0.2, -0.15) is 0 Å². The molecular formula is C19H18N2O3. The molecule has 2 aliphatic rings. The molecule has 1 unspecified atom stereocenters. The second-order valence-electron chi connectivity index (χ2n) is 6.20. The van der Waals surface area contributed by atoms with E-state index in [-0.39, 0.29) is 17.9 Å². The number of fused-ring (bicyclic) bond motifs is 1. The van der Waals surface area contributed by atoms with Crippen molar-refractivity contribution in [3.05, 3.63) is 59.7 Å². The van der Waals surface area contributed by atoms with Crippen LogP contribution in [0.5, 0.6) is 5.75 Å². The molecule has 0 spiro atoms. The number of hydrogen-bond acceptors (Lipinski definition) is 3. The van der Waals surface area contributed by atoms with E-state index in [0.717, 1.165) is 24.2 Å². The molecule has 0 radical (unpaired) electrons. The standard InChI is InChI=1S/C19H18N2O3/c22-18(20-13-9-10-13)14-6-2-3-7-15(14)21-19(23)17-11-12-5-1-4-8-16(12)24-17/h1-8,13,17H,9-11H2,(H,20,22)(H,21,23). The Labute approximate surface area is 140 Å². The Morgan fingerprint density at radius 3 is 2.54 bits per heavy atom. The molecule has 1 heterocycles. The Morgan fingerprint density at radius 2 is 1.75 bits per heavy atom. The van der Waals surface area contributed by atoms with Crippen molar-refractivity contribution in [1.82, 2.24) is 5.32 Å². The van der Waals surface area contributed by atoms with E-state index in [1.165, 1.54) is 0 Å². The first-order valence-corrected chi connectivity index (χ1v) is 8.16. The second-order valence-corrected chi connectivity index (χ2v) is 6.20. The summed E-state index contributed by atoms with van der Waals surface area (Å²) in [6.45, 7) is 0. The van der Waals surface area contributed by atoms with Gasteiger partial charge >= 0.3 is 0 Å². The third-order valence-electron chi connectivity index (χ3n) is 4.28. The maximum absolute atomic E-state index is 12.5. The number of carbonyl (C=O) groups is 2. The Kier molecular flexibility index (Phi) is 3.69. The van der Waals surface area contributed by atoms with Crippen LogP contribution in [0.15, 0.2) is 48.5 Å². The van der Waals surface area contributed by atoms with Gasteiger partial charge in [-0.3, -0.25) is 9.59 Å². The fourth-order valence-corrected chi connectivity index (χ4v) is 2.82. The van der Waals surface area contributed by atoms with Gasteiger partial charge in [0.2, 0.25) is 0 Å². The van der Waals surface area contributed by atoms with Crippen molar-refractivity contribution >= 4 is 17.5 Å². The van der Waals surface area contributed by atoms with Gasteiger partial charge < -0.3 is 15.4 Å². The van der Waals surface area contributed by atoms with Crippen molar-refractivity contribution < 1.29 is 14.3 Å². The lowest BCUT2D eigenvalue weighted by Crippen LogP contribution is -2.33. The zero-order chi connectivity index (χ0) is 16.5. The largest absolute Gasteiger partial charge is 0.480 e. The Hall–Kier alpha value is -2.82. The molecule has 1 fully saturated rings. The van der Waals surface area contributed by atoms with Crippen LogP contribution in [0.25, 0.3) is 0 Å². The summed E-state index contributed by atoms with van der Waals surface area (Å²) < 4.78 is 5.70. The quantitative estimate of drug-likeness (QED) is 0.909. The van der Waals surface area contributed by atoms with Crippen LogP contribution >= 0.6 is 0 Å². The van der Waals surface area contributed by atoms with Crippen molar-refractivity contribution in [3.63, 3.8) is 0 Å². The number of nitrogens with one attached hydrogen (secondary N) is 2. The van der Waals surface area contributed by atoms with E-state index >= 15 is 0 Å². The maximum atomic E-state index is 12.5. The molecule has 5 nitrogen and oxygen atoms in total. The van der Waals surface area contributed by atoms with E-state index in [9.17, 15) is 9.59 Å². The highest BCUT2D eigenvalue weighted by Gasteiger charge is 2.30. The van der Waals surface area contributed by atoms with Crippen molar-refractivity contribution in [2.75, 3.05) is 5.32 Å². The Bertz CT molecular complexity index is 774. The fraction of sp³-hybridized carbons (Fsp3) is 0.263. The van der Waals surface area contributed by atoms with Crippen LogP contribution in [-0.2, 0) is 11.2 Å². The number of anilines is 1. The van der Waals surface area contributed by atoms with Crippen molar-refractivity contribution in [2.24, 2.45) is 0 Å². The summed E-state index contributed by atoms with van der Waals surface area (Å²) in [5, 5.41) is 5.78. The molecule has 1 atom stereocenters. The van der Waals surface area contributed by atoms with Crippen LogP contribution in [0.3, 0.4) is 0 Å². The van der Waals surface area contributed by atoms with Gasteiger partial charge in [0.1, 0.15) is 5.75 Å². The van der Waals surface area contributed by atoms with Crippen LogP contribution in [0.1, 0.15) is 28.8 Å². The van der Waals surface area contributed by atoms with Gasteiger partial charge in [-0.15, -0.1) is 0 Å². The highest BCUT2D eigenvalue weighted by molar-refractivity contribution is 6.05. The van der Waals surface area contributed by atoms with Crippen LogP contribution in [0, 0.1) is 0 Å². The third kappa shape index (κ3) is 2.97. The average molecular weight is 322 g/mol. The molecule has 2 amide bonds. The van der Waals surface area contributed by atoms with E-state index in [4.69, 9.17) is 4.74 Å². The summed E-state index contributed by atoms with van der Waals surface area (Å²) in [4.78, 5) is 24.8. The Morgan fingerprint density at radius 1 is 1.00 bits per heavy atom. The number of carbonyl (C=O) groups excluding carboxylic acids is 2. The predicted octanol–water partition coefficient (Wildman–Crippen LogP) is 2.52. The highest BCUT2D eigenvalue weighted by Crippen LogP contribution is 2.29. The third-order valence-corrected chi connectivity index (χ3v) is 4.28. The van der Waals surface area contributed by atoms with E-state index in [1.807, 2.05) is 24.3 Å². The molecule has 2 aromatic carbocycles. The van der Waals surface area contributed by atoms with E-state index in [0.29, 0.717) is 17.7 Å². The molecule has 0 saturated heterocycles. The maximum Gasteiger partial charge on any atom is 0.265 e. The first-order valence-electron chi connectivity index (χ1n) is 8.16. The van der Waals surface area contributed by atoms with Crippen LogP contribution in [0.4, 0.5) is 5.69 Å². The first kappa shape index (κ1) is 14.8. The molecule has 4 rings (SSSR count). The van der Waals surface area contributed by atoms with Gasteiger partial charge in [0.15, 0.2) is 6.10 Å². The van der Waals surface area contributed by atoms with Crippen LogP contribution < -0.4 is 15.4 Å². The van der Waals surface area contributed by atoms with Gasteiger partial charge in [0.05, 0.1) is 11.3 Å². The zero-order valence-electron chi connectivity index (χ0n) is 13.1. The van der Waals surface area contributed by atoms with Crippen LogP contribution in [0.2, 0.25) is 0 Å². The molecule has 1 saturated carbocycles. The lowest BCUT2D eigenvalue weighted by Gasteiger charge is -2.14. The van der Waals surface area contributed by atoms with Gasteiger partial charge in [0, 0.05) is 12.5 Å². The zero-order valence-corrected chi connectivity index (χ0v) is 13.1. The monoisotopic (exact) mass is 322 g/mol. The van der Waals surface area contributed by atoms with Crippen molar-refractivity contribution in [1.29, 1.82) is 0 Å². The molecule has 1 aliphatic carbocycles. The smallest absolute Gasteiger partial charge is 0.265 e. The first-order chi connectivity index (χ1) is 11.7. The number of ether oxygens (including phenoxy) is 1. The molecule has 1 aliphatic heterocycles. The van der Waals surface area contributed by atoms with Gasteiger partial charge in [-0.1, -0.05) is 30.3 Å². The summed E-state index contributed by atoms with van der Waals surface area (Å²) in [7, 11) is 0. The lowest BCUT2D eigenvalue weighted by atomic mass is 10.1. The molecule has 2 aromatic rings. The van der Waals surface area contributed by atoms with Gasteiger partial charge in [0.25, 0.3) is 11.8 Å². The van der Waals surface area contributed by atoms with E-state index in [1.54, 1.807) is 24.3 Å². The molecule has 5 heteroatoms. The van der Waals surface area contributed by atoms with Gasteiger partial charge in [-0.05, 0) is 36.6 Å². The number of hydrogen-bond donors (Lipinski definition) is 2. The summed E-state index contributed by atoms with van der Waals surface area (Å²) in [5.74, 6) is 0.360.